The quantitative estimate of drug-likeness (QED) is 0.708. The minimum absolute atomic E-state index is 0.175. The summed E-state index contributed by atoms with van der Waals surface area (Å²) >= 11 is 0. The van der Waals surface area contributed by atoms with Crippen LogP contribution < -0.4 is 4.74 Å². The largest absolute Gasteiger partial charge is 0.457 e. The van der Waals surface area contributed by atoms with Gasteiger partial charge in [0.05, 0.1) is 5.41 Å². The summed E-state index contributed by atoms with van der Waals surface area (Å²) in [5, 5.41) is 0. The molecular formula is C18H17F3O. The normalized spacial score (nSPS) is 16.4. The SMILES string of the molecule is Cc1ccc(Oc2ccc(C3(C(F)(F)F)CC3)cc2C)cc1. The van der Waals surface area contributed by atoms with Gasteiger partial charge >= 0.3 is 6.18 Å². The van der Waals surface area contributed by atoms with Gasteiger partial charge in [0.1, 0.15) is 11.5 Å². The van der Waals surface area contributed by atoms with Crippen LogP contribution in [0.1, 0.15) is 29.5 Å². The Kier molecular flexibility index (Phi) is 3.42. The highest BCUT2D eigenvalue weighted by Crippen LogP contribution is 2.59. The molecule has 0 unspecified atom stereocenters. The fourth-order valence-electron chi connectivity index (χ4n) is 2.66. The molecule has 22 heavy (non-hydrogen) atoms. The smallest absolute Gasteiger partial charge is 0.398 e. The average molecular weight is 306 g/mol. The summed E-state index contributed by atoms with van der Waals surface area (Å²) in [6, 6.07) is 12.3. The predicted molar refractivity (Wildman–Crippen MR) is 79.4 cm³/mol. The fraction of sp³-hybridized carbons (Fsp3) is 0.333. The van der Waals surface area contributed by atoms with Gasteiger partial charge in [-0.05, 0) is 56.0 Å². The maximum absolute atomic E-state index is 13.2. The zero-order valence-electron chi connectivity index (χ0n) is 12.5. The van der Waals surface area contributed by atoms with Gasteiger partial charge in [-0.1, -0.05) is 29.8 Å². The van der Waals surface area contributed by atoms with Crippen LogP contribution in [0.2, 0.25) is 0 Å². The number of hydrogen-bond acceptors (Lipinski definition) is 1. The number of benzene rings is 2. The van der Waals surface area contributed by atoms with Crippen LogP contribution in [-0.4, -0.2) is 6.18 Å². The number of hydrogen-bond donors (Lipinski definition) is 0. The molecule has 3 rings (SSSR count). The second kappa shape index (κ2) is 5.04. The molecule has 0 N–H and O–H groups in total. The molecule has 1 saturated carbocycles. The molecule has 1 aliphatic carbocycles. The van der Waals surface area contributed by atoms with E-state index < -0.39 is 11.6 Å². The van der Waals surface area contributed by atoms with Crippen LogP contribution in [0.25, 0.3) is 0 Å². The molecule has 1 nitrogen and oxygen atoms in total. The first-order valence-electron chi connectivity index (χ1n) is 7.24. The Morgan fingerprint density at radius 2 is 1.59 bits per heavy atom. The molecule has 0 atom stereocenters. The molecule has 0 spiro atoms. The summed E-state index contributed by atoms with van der Waals surface area (Å²) in [6.45, 7) is 3.76. The summed E-state index contributed by atoms with van der Waals surface area (Å²) in [4.78, 5) is 0. The second-order valence-corrected chi connectivity index (χ2v) is 5.98. The van der Waals surface area contributed by atoms with Gasteiger partial charge in [-0.25, -0.2) is 0 Å². The Bertz CT molecular complexity index is 682. The zero-order chi connectivity index (χ0) is 16.0. The minimum Gasteiger partial charge on any atom is -0.457 e. The summed E-state index contributed by atoms with van der Waals surface area (Å²) in [6.07, 6.45) is -3.83. The molecule has 0 radical (unpaired) electrons. The van der Waals surface area contributed by atoms with Crippen molar-refractivity contribution < 1.29 is 17.9 Å². The molecule has 0 amide bonds. The number of halogens is 3. The van der Waals surface area contributed by atoms with E-state index in [-0.39, 0.29) is 12.8 Å². The maximum Gasteiger partial charge on any atom is 0.398 e. The van der Waals surface area contributed by atoms with Gasteiger partial charge < -0.3 is 4.74 Å². The standard InChI is InChI=1S/C18H17F3O/c1-12-3-6-15(7-4-12)22-16-8-5-14(11-13(16)2)17(9-10-17)18(19,20)21/h3-8,11H,9-10H2,1-2H3. The third-order valence-corrected chi connectivity index (χ3v) is 4.27. The molecule has 0 bridgehead atoms. The van der Waals surface area contributed by atoms with Crippen LogP contribution >= 0.6 is 0 Å². The van der Waals surface area contributed by atoms with Crippen molar-refractivity contribution in [1.29, 1.82) is 0 Å². The van der Waals surface area contributed by atoms with E-state index in [1.807, 2.05) is 31.2 Å². The number of ether oxygens (including phenoxy) is 1. The average Bonchev–Trinajstić information content (AvgIpc) is 3.24. The lowest BCUT2D eigenvalue weighted by Gasteiger charge is -2.20. The fourth-order valence-corrected chi connectivity index (χ4v) is 2.66. The summed E-state index contributed by atoms with van der Waals surface area (Å²) in [5.41, 5.74) is 0.544. The molecule has 0 saturated heterocycles. The number of alkyl halides is 3. The first-order chi connectivity index (χ1) is 10.3. The van der Waals surface area contributed by atoms with Crippen molar-refractivity contribution in [1.82, 2.24) is 0 Å². The third-order valence-electron chi connectivity index (χ3n) is 4.27. The summed E-state index contributed by atoms with van der Waals surface area (Å²) in [7, 11) is 0. The van der Waals surface area contributed by atoms with E-state index in [2.05, 4.69) is 0 Å². The molecule has 2 aromatic rings. The van der Waals surface area contributed by atoms with Crippen molar-refractivity contribution >= 4 is 0 Å². The first-order valence-corrected chi connectivity index (χ1v) is 7.24. The van der Waals surface area contributed by atoms with Crippen molar-refractivity contribution in [2.45, 2.75) is 38.3 Å². The monoisotopic (exact) mass is 306 g/mol. The van der Waals surface area contributed by atoms with Crippen LogP contribution in [0.5, 0.6) is 11.5 Å². The van der Waals surface area contributed by atoms with Gasteiger partial charge in [0.25, 0.3) is 0 Å². The Morgan fingerprint density at radius 1 is 0.955 bits per heavy atom. The highest BCUT2D eigenvalue weighted by atomic mass is 19.4. The highest BCUT2D eigenvalue weighted by molar-refractivity contribution is 5.44. The molecule has 1 aliphatic rings. The van der Waals surface area contributed by atoms with E-state index in [9.17, 15) is 13.2 Å². The Hall–Kier alpha value is -1.97. The van der Waals surface area contributed by atoms with Gasteiger partial charge in [0.2, 0.25) is 0 Å². The van der Waals surface area contributed by atoms with E-state index in [0.29, 0.717) is 22.6 Å². The van der Waals surface area contributed by atoms with Crippen LogP contribution in [-0.2, 0) is 5.41 Å². The van der Waals surface area contributed by atoms with Gasteiger partial charge in [-0.3, -0.25) is 0 Å². The maximum atomic E-state index is 13.2. The topological polar surface area (TPSA) is 9.23 Å². The third kappa shape index (κ3) is 2.58. The summed E-state index contributed by atoms with van der Waals surface area (Å²) < 4.78 is 45.3. The van der Waals surface area contributed by atoms with Crippen LogP contribution in [0, 0.1) is 13.8 Å². The van der Waals surface area contributed by atoms with Gasteiger partial charge in [-0.15, -0.1) is 0 Å². The summed E-state index contributed by atoms with van der Waals surface area (Å²) in [5.74, 6) is 1.27. The van der Waals surface area contributed by atoms with E-state index >= 15 is 0 Å². The Balaban J connectivity index is 1.86. The lowest BCUT2D eigenvalue weighted by atomic mass is 9.93. The molecular weight excluding hydrogens is 289 g/mol. The van der Waals surface area contributed by atoms with Crippen molar-refractivity contribution in [3.63, 3.8) is 0 Å². The molecule has 116 valence electrons. The molecule has 1 fully saturated rings. The van der Waals surface area contributed by atoms with Crippen LogP contribution in [0.15, 0.2) is 42.5 Å². The highest BCUT2D eigenvalue weighted by Gasteiger charge is 2.64. The molecule has 0 aliphatic heterocycles. The van der Waals surface area contributed by atoms with Crippen molar-refractivity contribution in [2.24, 2.45) is 0 Å². The van der Waals surface area contributed by atoms with Crippen molar-refractivity contribution in [3.8, 4) is 11.5 Å². The van der Waals surface area contributed by atoms with E-state index in [4.69, 9.17) is 4.74 Å². The van der Waals surface area contributed by atoms with Crippen LogP contribution in [0.3, 0.4) is 0 Å². The molecule has 0 heterocycles. The van der Waals surface area contributed by atoms with Gasteiger partial charge in [-0.2, -0.15) is 13.2 Å². The predicted octanol–water partition coefficient (Wildman–Crippen LogP) is 5.69. The second-order valence-electron chi connectivity index (χ2n) is 5.98. The lowest BCUT2D eigenvalue weighted by Crippen LogP contribution is -2.28. The number of aryl methyl sites for hydroxylation is 2. The van der Waals surface area contributed by atoms with Gasteiger partial charge in [0.15, 0.2) is 0 Å². The molecule has 2 aromatic carbocycles. The van der Waals surface area contributed by atoms with Crippen LogP contribution in [0.4, 0.5) is 13.2 Å². The van der Waals surface area contributed by atoms with E-state index in [1.165, 1.54) is 6.07 Å². The Labute approximate surface area is 127 Å². The minimum atomic E-state index is -4.18. The molecule has 4 heteroatoms. The molecule has 0 aromatic heterocycles. The first kappa shape index (κ1) is 14.9. The number of rotatable bonds is 3. The van der Waals surface area contributed by atoms with Gasteiger partial charge in [0, 0.05) is 0 Å². The van der Waals surface area contributed by atoms with E-state index in [1.54, 1.807) is 19.1 Å². The van der Waals surface area contributed by atoms with Crippen molar-refractivity contribution in [3.05, 3.63) is 59.2 Å². The van der Waals surface area contributed by atoms with Crippen molar-refractivity contribution in [2.75, 3.05) is 0 Å². The Morgan fingerprint density at radius 3 is 2.09 bits per heavy atom. The lowest BCUT2D eigenvalue weighted by molar-refractivity contribution is -0.160. The zero-order valence-corrected chi connectivity index (χ0v) is 12.5. The van der Waals surface area contributed by atoms with E-state index in [0.717, 1.165) is 5.56 Å².